The summed E-state index contributed by atoms with van der Waals surface area (Å²) in [6, 6.07) is 6.93. The maximum Gasteiger partial charge on any atom is 0.240 e. The third-order valence-corrected chi connectivity index (χ3v) is 4.70. The van der Waals surface area contributed by atoms with Crippen LogP contribution in [0, 0.1) is 12.3 Å². The average molecular weight is 285 g/mol. The van der Waals surface area contributed by atoms with Crippen LogP contribution >= 0.6 is 0 Å². The van der Waals surface area contributed by atoms with Crippen LogP contribution < -0.4 is 4.72 Å². The Kier molecular flexibility index (Phi) is 5.52. The van der Waals surface area contributed by atoms with E-state index in [1.54, 1.807) is 25.1 Å². The Bertz CT molecular complexity index is 509. The first kappa shape index (κ1) is 16.1. The number of aliphatic hydroxyl groups is 1. The Morgan fingerprint density at radius 1 is 1.26 bits per heavy atom. The largest absolute Gasteiger partial charge is 0.396 e. The quantitative estimate of drug-likeness (QED) is 0.806. The van der Waals surface area contributed by atoms with E-state index >= 15 is 0 Å². The normalized spacial score (nSPS) is 12.6. The van der Waals surface area contributed by atoms with Gasteiger partial charge >= 0.3 is 0 Å². The van der Waals surface area contributed by atoms with Crippen molar-refractivity contribution in [3.8, 4) is 0 Å². The number of aliphatic hydroxyl groups excluding tert-OH is 1. The molecule has 0 bridgehead atoms. The molecule has 1 rings (SSSR count). The lowest BCUT2D eigenvalue weighted by Crippen LogP contribution is -2.34. The molecule has 0 saturated heterocycles. The van der Waals surface area contributed by atoms with Crippen molar-refractivity contribution in [1.82, 2.24) is 4.72 Å². The van der Waals surface area contributed by atoms with Crippen molar-refractivity contribution in [2.75, 3.05) is 13.2 Å². The molecule has 0 radical (unpaired) electrons. The Morgan fingerprint density at radius 2 is 1.89 bits per heavy atom. The highest BCUT2D eigenvalue weighted by Crippen LogP contribution is 2.22. The molecule has 0 saturated carbocycles. The van der Waals surface area contributed by atoms with Gasteiger partial charge < -0.3 is 5.11 Å². The second kappa shape index (κ2) is 6.50. The molecule has 1 aromatic rings. The first-order valence-electron chi connectivity index (χ1n) is 6.45. The lowest BCUT2D eigenvalue weighted by molar-refractivity contribution is 0.242. The Morgan fingerprint density at radius 3 is 2.47 bits per heavy atom. The van der Waals surface area contributed by atoms with Gasteiger partial charge in [-0.05, 0) is 36.8 Å². The van der Waals surface area contributed by atoms with Gasteiger partial charge in [-0.15, -0.1) is 0 Å². The molecule has 2 N–H and O–H groups in total. The molecule has 0 aliphatic rings. The standard InChI is InChI=1S/C14H23NO3S/c1-12-7-4-5-8-13(12)19(17,18)15-11-14(2,3)9-6-10-16/h4-5,7-8,15-16H,6,9-11H2,1-3H3. The van der Waals surface area contributed by atoms with E-state index in [-0.39, 0.29) is 12.0 Å². The third kappa shape index (κ3) is 4.93. The van der Waals surface area contributed by atoms with Gasteiger partial charge in [-0.25, -0.2) is 13.1 Å². The lowest BCUT2D eigenvalue weighted by Gasteiger charge is -2.24. The van der Waals surface area contributed by atoms with Crippen LogP contribution in [0.5, 0.6) is 0 Å². The van der Waals surface area contributed by atoms with E-state index in [0.29, 0.717) is 17.9 Å². The number of sulfonamides is 1. The molecule has 4 nitrogen and oxygen atoms in total. The fourth-order valence-corrected chi connectivity index (χ4v) is 3.36. The highest BCUT2D eigenvalue weighted by Gasteiger charge is 2.22. The van der Waals surface area contributed by atoms with Crippen molar-refractivity contribution in [3.05, 3.63) is 29.8 Å². The van der Waals surface area contributed by atoms with Gasteiger partial charge in [0.25, 0.3) is 0 Å². The van der Waals surface area contributed by atoms with Crippen LogP contribution in [0.4, 0.5) is 0 Å². The molecule has 0 amide bonds. The van der Waals surface area contributed by atoms with E-state index in [0.717, 1.165) is 12.0 Å². The summed E-state index contributed by atoms with van der Waals surface area (Å²) in [6.45, 7) is 6.26. The fraction of sp³-hybridized carbons (Fsp3) is 0.571. The zero-order valence-electron chi connectivity index (χ0n) is 11.8. The van der Waals surface area contributed by atoms with E-state index in [9.17, 15) is 8.42 Å². The number of hydrogen-bond donors (Lipinski definition) is 2. The third-order valence-electron chi connectivity index (χ3n) is 3.14. The average Bonchev–Trinajstić information content (AvgIpc) is 2.35. The van der Waals surface area contributed by atoms with Gasteiger partial charge in [0.05, 0.1) is 4.90 Å². The molecule has 1 aromatic carbocycles. The summed E-state index contributed by atoms with van der Waals surface area (Å²) in [7, 11) is -3.46. The van der Waals surface area contributed by atoms with Crippen molar-refractivity contribution in [3.63, 3.8) is 0 Å². The van der Waals surface area contributed by atoms with Gasteiger partial charge in [0.1, 0.15) is 0 Å². The number of aryl methyl sites for hydroxylation is 1. The van der Waals surface area contributed by atoms with Crippen molar-refractivity contribution in [2.45, 2.75) is 38.5 Å². The van der Waals surface area contributed by atoms with Gasteiger partial charge in [-0.3, -0.25) is 0 Å². The molecule has 0 spiro atoms. The summed E-state index contributed by atoms with van der Waals surface area (Å²) >= 11 is 0. The molecular formula is C14H23NO3S. The van der Waals surface area contributed by atoms with E-state index in [1.165, 1.54) is 0 Å². The highest BCUT2D eigenvalue weighted by molar-refractivity contribution is 7.89. The predicted molar refractivity (Wildman–Crippen MR) is 76.5 cm³/mol. The molecule has 0 aromatic heterocycles. The van der Waals surface area contributed by atoms with Crippen molar-refractivity contribution in [2.24, 2.45) is 5.41 Å². The van der Waals surface area contributed by atoms with E-state index in [1.807, 2.05) is 19.9 Å². The molecule has 19 heavy (non-hydrogen) atoms. The minimum Gasteiger partial charge on any atom is -0.396 e. The maximum atomic E-state index is 12.2. The number of hydrogen-bond acceptors (Lipinski definition) is 3. The predicted octanol–water partition coefficient (Wildman–Crippen LogP) is 2.07. The minimum atomic E-state index is -3.46. The van der Waals surface area contributed by atoms with Gasteiger partial charge in [0.2, 0.25) is 10.0 Å². The zero-order chi connectivity index (χ0) is 14.5. The van der Waals surface area contributed by atoms with Crippen molar-refractivity contribution < 1.29 is 13.5 Å². The van der Waals surface area contributed by atoms with Gasteiger partial charge in [-0.2, -0.15) is 0 Å². The molecule has 108 valence electrons. The van der Waals surface area contributed by atoms with Crippen molar-refractivity contribution in [1.29, 1.82) is 0 Å². The maximum absolute atomic E-state index is 12.2. The smallest absolute Gasteiger partial charge is 0.240 e. The summed E-state index contributed by atoms with van der Waals surface area (Å²) in [4.78, 5) is 0.327. The van der Waals surface area contributed by atoms with E-state index in [4.69, 9.17) is 5.11 Å². The van der Waals surface area contributed by atoms with Gasteiger partial charge in [-0.1, -0.05) is 32.0 Å². The first-order chi connectivity index (χ1) is 8.78. The molecule has 0 unspecified atom stereocenters. The molecule has 5 heteroatoms. The lowest BCUT2D eigenvalue weighted by atomic mass is 9.88. The SMILES string of the molecule is Cc1ccccc1S(=O)(=O)NCC(C)(C)CCCO. The van der Waals surface area contributed by atoms with Crippen LogP contribution in [-0.2, 0) is 10.0 Å². The van der Waals surface area contributed by atoms with Crippen LogP contribution in [0.1, 0.15) is 32.3 Å². The summed E-state index contributed by atoms with van der Waals surface area (Å²) < 4.78 is 27.1. The van der Waals surface area contributed by atoms with Crippen molar-refractivity contribution >= 4 is 10.0 Å². The number of nitrogens with one attached hydrogen (secondary N) is 1. The van der Waals surface area contributed by atoms with E-state index in [2.05, 4.69) is 4.72 Å². The molecule has 0 aliphatic carbocycles. The summed E-state index contributed by atoms with van der Waals surface area (Å²) in [5.74, 6) is 0. The molecular weight excluding hydrogens is 262 g/mol. The van der Waals surface area contributed by atoms with Crippen LogP contribution in [-0.4, -0.2) is 26.7 Å². The Labute approximate surface area is 115 Å². The van der Waals surface area contributed by atoms with Gasteiger partial charge in [0.15, 0.2) is 0 Å². The van der Waals surface area contributed by atoms with Crippen LogP contribution in [0.15, 0.2) is 29.2 Å². The number of rotatable bonds is 7. The second-order valence-corrected chi connectivity index (χ2v) is 7.32. The fourth-order valence-electron chi connectivity index (χ4n) is 1.87. The van der Waals surface area contributed by atoms with Crippen LogP contribution in [0.25, 0.3) is 0 Å². The van der Waals surface area contributed by atoms with Crippen LogP contribution in [0.3, 0.4) is 0 Å². The second-order valence-electron chi connectivity index (χ2n) is 5.58. The zero-order valence-corrected chi connectivity index (χ0v) is 12.6. The summed E-state index contributed by atoms with van der Waals surface area (Å²) in [5, 5.41) is 8.83. The number of benzene rings is 1. The Balaban J connectivity index is 2.74. The highest BCUT2D eigenvalue weighted by atomic mass is 32.2. The molecule has 0 fully saturated rings. The molecule has 0 heterocycles. The molecule has 0 aliphatic heterocycles. The topological polar surface area (TPSA) is 66.4 Å². The summed E-state index contributed by atoms with van der Waals surface area (Å²) in [5.41, 5.74) is 0.571. The Hall–Kier alpha value is -0.910. The van der Waals surface area contributed by atoms with Crippen LogP contribution in [0.2, 0.25) is 0 Å². The first-order valence-corrected chi connectivity index (χ1v) is 7.93. The summed E-state index contributed by atoms with van der Waals surface area (Å²) in [6.07, 6.45) is 1.46. The van der Waals surface area contributed by atoms with Gasteiger partial charge in [0, 0.05) is 13.2 Å². The van der Waals surface area contributed by atoms with E-state index < -0.39 is 10.0 Å². The monoisotopic (exact) mass is 285 g/mol. The molecule has 0 atom stereocenters. The minimum absolute atomic E-state index is 0.133.